The van der Waals surface area contributed by atoms with Crippen molar-refractivity contribution in [3.8, 4) is 11.8 Å². The first-order valence-electron chi connectivity index (χ1n) is 5.60. The van der Waals surface area contributed by atoms with Crippen LogP contribution in [0.15, 0.2) is 21.4 Å². The third-order valence-corrected chi connectivity index (χ3v) is 1.42. The van der Waals surface area contributed by atoms with Crippen LogP contribution in [-0.2, 0) is 0 Å². The minimum atomic E-state index is 0.431. The molecule has 0 atom stereocenters. The minimum absolute atomic E-state index is 0.431. The molecule has 0 N–H and O–H groups in total. The van der Waals surface area contributed by atoms with Gasteiger partial charge in [0.25, 0.3) is 11.8 Å². The molecule has 2 heterocycles. The Kier molecular flexibility index (Phi) is 6.92. The molecule has 0 aliphatic heterocycles. The van der Waals surface area contributed by atoms with E-state index in [0.29, 0.717) is 11.8 Å². The topological polar surface area (TPSA) is 52.1 Å². The number of hydrogen-bond acceptors (Lipinski definition) is 4. The van der Waals surface area contributed by atoms with Gasteiger partial charge in [-0.05, 0) is 13.8 Å². The van der Waals surface area contributed by atoms with Gasteiger partial charge in [-0.2, -0.15) is 0 Å². The van der Waals surface area contributed by atoms with Gasteiger partial charge in [-0.15, -0.1) is 0 Å². The zero-order chi connectivity index (χ0) is 12.6. The first kappa shape index (κ1) is 14.4. The van der Waals surface area contributed by atoms with Crippen LogP contribution in [0.1, 0.15) is 39.1 Å². The summed E-state index contributed by atoms with van der Waals surface area (Å²) in [5, 5.41) is 0. The maximum Gasteiger partial charge on any atom is 0.283 e. The zero-order valence-electron chi connectivity index (χ0n) is 10.9. The molecule has 2 rings (SSSR count). The molecule has 0 aromatic carbocycles. The fourth-order valence-electron chi connectivity index (χ4n) is 0.904. The summed E-state index contributed by atoms with van der Waals surface area (Å²) in [6.07, 6.45) is 3.13. The highest BCUT2D eigenvalue weighted by molar-refractivity contribution is 5.37. The van der Waals surface area contributed by atoms with Crippen molar-refractivity contribution in [1.82, 2.24) is 9.97 Å². The summed E-state index contributed by atoms with van der Waals surface area (Å²) in [6, 6.07) is 0. The van der Waals surface area contributed by atoms with Crippen LogP contribution >= 0.6 is 0 Å². The summed E-state index contributed by atoms with van der Waals surface area (Å²) in [4.78, 5) is 8.14. The maximum atomic E-state index is 5.10. The summed E-state index contributed by atoms with van der Waals surface area (Å²) in [7, 11) is 0. The van der Waals surface area contributed by atoms with Gasteiger partial charge < -0.3 is 8.83 Å². The lowest BCUT2D eigenvalue weighted by Gasteiger charge is -1.82. The Hall–Kier alpha value is -1.58. The lowest BCUT2D eigenvalue weighted by molar-refractivity contribution is 0.509. The first-order valence-corrected chi connectivity index (χ1v) is 5.60. The second-order valence-electron chi connectivity index (χ2n) is 2.59. The largest absolute Gasteiger partial charge is 0.441 e. The van der Waals surface area contributed by atoms with E-state index in [1.807, 2.05) is 41.5 Å². The fourth-order valence-corrected chi connectivity index (χ4v) is 0.904. The lowest BCUT2D eigenvalue weighted by atomic mass is 10.5. The number of nitrogens with zero attached hydrogens (tertiary/aromatic N) is 2. The highest BCUT2D eigenvalue weighted by atomic mass is 16.4. The Morgan fingerprint density at radius 1 is 0.750 bits per heavy atom. The average molecular weight is 224 g/mol. The van der Waals surface area contributed by atoms with Gasteiger partial charge in [0.15, 0.2) is 0 Å². The normalized spacial score (nSPS) is 8.62. The third kappa shape index (κ3) is 3.88. The average Bonchev–Trinajstić information content (AvgIpc) is 2.93. The molecule has 0 aliphatic rings. The summed E-state index contributed by atoms with van der Waals surface area (Å²) >= 11 is 0. The smallest absolute Gasteiger partial charge is 0.283 e. The standard InChI is InChI=1S/C8H8N2O2.2C2H6/c1-5-3-11-7(9-5)8-10-6(2)4-12-8;2*1-2/h3-4H,1-2H3;2*1-2H3. The van der Waals surface area contributed by atoms with Crippen molar-refractivity contribution in [2.45, 2.75) is 41.5 Å². The van der Waals surface area contributed by atoms with E-state index in [1.54, 1.807) is 12.5 Å². The molecule has 2 aromatic rings. The SMILES string of the molecule is CC.CC.Cc1coc(-c2nc(C)co2)n1. The van der Waals surface area contributed by atoms with E-state index in [-0.39, 0.29) is 0 Å². The molecule has 2 aromatic heterocycles. The van der Waals surface area contributed by atoms with E-state index in [9.17, 15) is 0 Å². The van der Waals surface area contributed by atoms with E-state index < -0.39 is 0 Å². The molecule has 0 saturated carbocycles. The maximum absolute atomic E-state index is 5.10. The summed E-state index contributed by atoms with van der Waals surface area (Å²) in [5.41, 5.74) is 1.64. The number of oxazole rings is 2. The summed E-state index contributed by atoms with van der Waals surface area (Å²) in [6.45, 7) is 11.7. The monoisotopic (exact) mass is 224 g/mol. The number of rotatable bonds is 1. The Labute approximate surface area is 96.7 Å². The molecule has 0 fully saturated rings. The molecule has 0 bridgehead atoms. The Bertz CT molecular complexity index is 353. The molecule has 16 heavy (non-hydrogen) atoms. The van der Waals surface area contributed by atoms with Crippen molar-refractivity contribution in [3.05, 3.63) is 23.9 Å². The third-order valence-electron chi connectivity index (χ3n) is 1.42. The van der Waals surface area contributed by atoms with Gasteiger partial charge >= 0.3 is 0 Å². The minimum Gasteiger partial charge on any atom is -0.441 e. The van der Waals surface area contributed by atoms with Crippen LogP contribution in [0.5, 0.6) is 0 Å². The molecular weight excluding hydrogens is 204 g/mol. The van der Waals surface area contributed by atoms with E-state index in [4.69, 9.17) is 8.83 Å². The van der Waals surface area contributed by atoms with Crippen LogP contribution in [0.2, 0.25) is 0 Å². The molecule has 0 aliphatic carbocycles. The second kappa shape index (κ2) is 7.68. The highest BCUT2D eigenvalue weighted by Crippen LogP contribution is 2.16. The van der Waals surface area contributed by atoms with Gasteiger partial charge in [0, 0.05) is 0 Å². The fraction of sp³-hybridized carbons (Fsp3) is 0.500. The van der Waals surface area contributed by atoms with Crippen molar-refractivity contribution in [2.24, 2.45) is 0 Å². The number of hydrogen-bond donors (Lipinski definition) is 0. The van der Waals surface area contributed by atoms with Gasteiger partial charge in [-0.3, -0.25) is 0 Å². The van der Waals surface area contributed by atoms with E-state index in [1.165, 1.54) is 0 Å². The van der Waals surface area contributed by atoms with E-state index in [0.717, 1.165) is 11.4 Å². The molecular formula is C12H20N2O2. The molecule has 0 spiro atoms. The summed E-state index contributed by atoms with van der Waals surface area (Å²) < 4.78 is 10.2. The van der Waals surface area contributed by atoms with Crippen LogP contribution in [-0.4, -0.2) is 9.97 Å². The van der Waals surface area contributed by atoms with Crippen molar-refractivity contribution in [1.29, 1.82) is 0 Å². The Morgan fingerprint density at radius 3 is 1.25 bits per heavy atom. The molecule has 0 radical (unpaired) electrons. The van der Waals surface area contributed by atoms with Crippen molar-refractivity contribution in [3.63, 3.8) is 0 Å². The lowest BCUT2D eigenvalue weighted by Crippen LogP contribution is -1.77. The number of aryl methyl sites for hydroxylation is 2. The van der Waals surface area contributed by atoms with Gasteiger partial charge in [0.1, 0.15) is 12.5 Å². The van der Waals surface area contributed by atoms with Crippen molar-refractivity contribution < 1.29 is 8.83 Å². The van der Waals surface area contributed by atoms with Crippen LogP contribution < -0.4 is 0 Å². The number of aromatic nitrogens is 2. The van der Waals surface area contributed by atoms with Crippen molar-refractivity contribution >= 4 is 0 Å². The van der Waals surface area contributed by atoms with Gasteiger partial charge in [-0.1, -0.05) is 27.7 Å². The van der Waals surface area contributed by atoms with Gasteiger partial charge in [0.2, 0.25) is 0 Å². The first-order chi connectivity index (χ1) is 7.75. The second-order valence-corrected chi connectivity index (χ2v) is 2.59. The van der Waals surface area contributed by atoms with Crippen LogP contribution in [0, 0.1) is 13.8 Å². The van der Waals surface area contributed by atoms with Crippen LogP contribution in [0.25, 0.3) is 11.8 Å². The molecule has 4 heteroatoms. The molecule has 0 amide bonds. The molecule has 90 valence electrons. The van der Waals surface area contributed by atoms with Crippen molar-refractivity contribution in [2.75, 3.05) is 0 Å². The van der Waals surface area contributed by atoms with Gasteiger partial charge in [-0.25, -0.2) is 9.97 Å². The molecule has 4 nitrogen and oxygen atoms in total. The summed E-state index contributed by atoms with van der Waals surface area (Å²) in [5.74, 6) is 0.862. The quantitative estimate of drug-likeness (QED) is 0.734. The van der Waals surface area contributed by atoms with Gasteiger partial charge in [0.05, 0.1) is 11.4 Å². The highest BCUT2D eigenvalue weighted by Gasteiger charge is 2.09. The van der Waals surface area contributed by atoms with E-state index in [2.05, 4.69) is 9.97 Å². The molecule has 0 saturated heterocycles. The predicted octanol–water partition coefficient (Wildman–Crippen LogP) is 4.00. The molecule has 0 unspecified atom stereocenters. The Balaban J connectivity index is 0.000000509. The predicted molar refractivity (Wildman–Crippen MR) is 64.2 cm³/mol. The zero-order valence-corrected chi connectivity index (χ0v) is 10.9. The van der Waals surface area contributed by atoms with Crippen LogP contribution in [0.4, 0.5) is 0 Å². The Morgan fingerprint density at radius 2 is 1.06 bits per heavy atom. The van der Waals surface area contributed by atoms with Crippen LogP contribution in [0.3, 0.4) is 0 Å². The van der Waals surface area contributed by atoms with E-state index >= 15 is 0 Å².